The third-order valence-corrected chi connectivity index (χ3v) is 2.94. The van der Waals surface area contributed by atoms with Crippen molar-refractivity contribution in [3.8, 4) is 0 Å². The summed E-state index contributed by atoms with van der Waals surface area (Å²) in [5.74, 6) is 0. The van der Waals surface area contributed by atoms with Gasteiger partial charge in [0.1, 0.15) is 4.90 Å². The molecule has 0 aliphatic rings. The Morgan fingerprint density at radius 2 is 1.56 bits per heavy atom. The van der Waals surface area contributed by atoms with Gasteiger partial charge in [-0.05, 0) is 11.5 Å². The van der Waals surface area contributed by atoms with Crippen molar-refractivity contribution in [3.05, 3.63) is 42.5 Å². The maximum absolute atomic E-state index is 11.0. The Kier molecular flexibility index (Phi) is 5.82. The number of rotatable bonds is 1. The predicted octanol–water partition coefficient (Wildman–Crippen LogP) is 3.07. The van der Waals surface area contributed by atoms with Gasteiger partial charge in [-0.1, -0.05) is 36.4 Å². The molecule has 0 fully saturated rings. The molecule has 0 atom stereocenters. The molecule has 18 heavy (non-hydrogen) atoms. The van der Waals surface area contributed by atoms with Crippen LogP contribution < -0.4 is 0 Å². The quantitative estimate of drug-likeness (QED) is 0.642. The van der Waals surface area contributed by atoms with Gasteiger partial charge in [0.15, 0.2) is 0 Å². The summed E-state index contributed by atoms with van der Waals surface area (Å²) >= 11 is 1.35. The van der Waals surface area contributed by atoms with Gasteiger partial charge in [0, 0.05) is 5.39 Å². The van der Waals surface area contributed by atoms with Crippen LogP contribution >= 0.6 is 0 Å². The summed E-state index contributed by atoms with van der Waals surface area (Å²) in [6.45, 7) is 4.46. The molecular formula is C13H15NaO3S. The maximum Gasteiger partial charge on any atom is 0.295 e. The molecule has 0 bridgehead atoms. The van der Waals surface area contributed by atoms with E-state index in [-0.39, 0.29) is 4.90 Å². The van der Waals surface area contributed by atoms with Crippen LogP contribution in [0.3, 0.4) is 0 Å². The van der Waals surface area contributed by atoms with Gasteiger partial charge < -0.3 is 0 Å². The van der Waals surface area contributed by atoms with Crippen LogP contribution in [0.1, 0.15) is 13.8 Å². The van der Waals surface area contributed by atoms with E-state index >= 15 is 0 Å². The van der Waals surface area contributed by atoms with Crippen molar-refractivity contribution in [2.24, 2.45) is 0 Å². The minimum Gasteiger partial charge on any atom is -0.282 e. The molecule has 0 spiro atoms. The third-order valence-electron chi connectivity index (χ3n) is 2.03. The molecule has 3 nitrogen and oxygen atoms in total. The van der Waals surface area contributed by atoms with Gasteiger partial charge in [-0.25, -0.2) is 0 Å². The molecule has 92 valence electrons. The van der Waals surface area contributed by atoms with E-state index < -0.39 is 10.1 Å². The van der Waals surface area contributed by atoms with Gasteiger partial charge >= 0.3 is 44.9 Å². The molecule has 0 aromatic heterocycles. The first-order chi connectivity index (χ1) is 8.32. The van der Waals surface area contributed by atoms with Crippen molar-refractivity contribution in [3.63, 3.8) is 0 Å². The van der Waals surface area contributed by atoms with Gasteiger partial charge in [0.05, 0.1) is 0 Å². The molecular weight excluding hydrogens is 259 g/mol. The summed E-state index contributed by atoms with van der Waals surface area (Å²) in [6, 6.07) is 11.8. The van der Waals surface area contributed by atoms with Crippen molar-refractivity contribution in [2.45, 2.75) is 21.9 Å². The van der Waals surface area contributed by atoms with Crippen molar-refractivity contribution < 1.29 is 13.0 Å². The van der Waals surface area contributed by atoms with Crippen molar-refractivity contribution in [1.29, 1.82) is 0 Å². The largest absolute Gasteiger partial charge is 0.295 e. The van der Waals surface area contributed by atoms with Crippen molar-refractivity contribution in [1.82, 2.24) is 0 Å². The molecule has 0 unspecified atom stereocenters. The van der Waals surface area contributed by atoms with Crippen LogP contribution in [0.4, 0.5) is 0 Å². The van der Waals surface area contributed by atoms with Crippen LogP contribution in [0.2, 0.25) is 3.17 Å². The van der Waals surface area contributed by atoms with Gasteiger partial charge in [0.2, 0.25) is 0 Å². The zero-order valence-electron chi connectivity index (χ0n) is 10.8. The first-order valence-corrected chi connectivity index (χ1v) is 8.37. The summed E-state index contributed by atoms with van der Waals surface area (Å²) in [6.07, 6.45) is 0. The SMILES string of the molecule is C[CH](C)[Na].O=S(=O)(O)c1cccc2ccccc12. The third kappa shape index (κ3) is 4.71. The number of benzene rings is 2. The normalized spacial score (nSPS) is 11.2. The van der Waals surface area contributed by atoms with Crippen LogP contribution in [-0.4, -0.2) is 40.9 Å². The standard InChI is InChI=1S/C10H8O3S.C3H7.Na/c11-14(12,13)10-7-3-5-8-4-1-2-6-9(8)10;1-3-2;/h1-7H,(H,11,12,13);3H,1-2H3;. The molecule has 2 aromatic carbocycles. The Hall–Kier alpha value is -0.390. The minimum absolute atomic E-state index is 0.0457. The topological polar surface area (TPSA) is 54.4 Å². The summed E-state index contributed by atoms with van der Waals surface area (Å²) in [4.78, 5) is -0.0457. The molecule has 0 amide bonds. The molecule has 0 aliphatic carbocycles. The molecule has 2 rings (SSSR count). The first-order valence-electron chi connectivity index (χ1n) is 5.77. The van der Waals surface area contributed by atoms with E-state index in [4.69, 9.17) is 4.55 Å². The Morgan fingerprint density at radius 1 is 1.06 bits per heavy atom. The van der Waals surface area contributed by atoms with Crippen LogP contribution in [0.5, 0.6) is 0 Å². The zero-order valence-corrected chi connectivity index (χ0v) is 13.6. The van der Waals surface area contributed by atoms with E-state index in [0.717, 1.165) is 8.55 Å². The summed E-state index contributed by atoms with van der Waals surface area (Å²) in [5.41, 5.74) is 0. The Morgan fingerprint density at radius 3 is 2.11 bits per heavy atom. The Bertz CT molecular complexity index is 613. The molecule has 0 saturated carbocycles. The summed E-state index contributed by atoms with van der Waals surface area (Å²) in [7, 11) is -4.13. The molecule has 2 aromatic rings. The fraction of sp³-hybridized carbons (Fsp3) is 0.231. The minimum atomic E-state index is -4.13. The second-order valence-electron chi connectivity index (χ2n) is 4.68. The average molecular weight is 274 g/mol. The molecule has 5 heteroatoms. The van der Waals surface area contributed by atoms with Gasteiger partial charge in [-0.2, -0.15) is 8.42 Å². The van der Waals surface area contributed by atoms with E-state index in [0.29, 0.717) is 5.39 Å². The van der Waals surface area contributed by atoms with Crippen LogP contribution in [0.15, 0.2) is 47.4 Å². The Balaban J connectivity index is 0.000000357. The number of hydrogen-bond acceptors (Lipinski definition) is 2. The second kappa shape index (κ2) is 6.68. The zero-order chi connectivity index (χ0) is 13.8. The van der Waals surface area contributed by atoms with Crippen LogP contribution in [0, 0.1) is 0 Å². The average Bonchev–Trinajstić information content (AvgIpc) is 2.26. The second-order valence-corrected chi connectivity index (χ2v) is 8.38. The molecule has 0 radical (unpaired) electrons. The maximum atomic E-state index is 11.0. The predicted molar refractivity (Wildman–Crippen MR) is 74.6 cm³/mol. The molecule has 0 heterocycles. The fourth-order valence-electron chi connectivity index (χ4n) is 1.42. The van der Waals surface area contributed by atoms with Crippen LogP contribution in [0.25, 0.3) is 10.8 Å². The molecule has 0 saturated heterocycles. The van der Waals surface area contributed by atoms with Crippen LogP contribution in [-0.2, 0) is 10.1 Å². The fourth-order valence-corrected chi connectivity index (χ4v) is 2.13. The van der Waals surface area contributed by atoms with Gasteiger partial charge in [0.25, 0.3) is 10.1 Å². The van der Waals surface area contributed by atoms with Gasteiger partial charge in [-0.15, -0.1) is 0 Å². The van der Waals surface area contributed by atoms with E-state index in [1.165, 1.54) is 34.0 Å². The number of fused-ring (bicyclic) bond motifs is 1. The van der Waals surface area contributed by atoms with Gasteiger partial charge in [-0.3, -0.25) is 4.55 Å². The first kappa shape index (κ1) is 15.7. The van der Waals surface area contributed by atoms with E-state index in [2.05, 4.69) is 13.8 Å². The van der Waals surface area contributed by atoms with Crippen molar-refractivity contribution >= 4 is 48.8 Å². The monoisotopic (exact) mass is 274 g/mol. The summed E-state index contributed by atoms with van der Waals surface area (Å²) < 4.78 is 31.9. The number of hydrogen-bond donors (Lipinski definition) is 1. The molecule has 0 aliphatic heterocycles. The molecule has 1 N–H and O–H groups in total. The van der Waals surface area contributed by atoms with E-state index in [1.807, 2.05) is 6.07 Å². The van der Waals surface area contributed by atoms with E-state index in [9.17, 15) is 8.42 Å². The van der Waals surface area contributed by atoms with Crippen molar-refractivity contribution in [2.75, 3.05) is 0 Å². The smallest absolute Gasteiger partial charge is 0.282 e. The summed E-state index contributed by atoms with van der Waals surface area (Å²) in [5, 5.41) is 1.33. The Labute approximate surface area is 125 Å². The van der Waals surface area contributed by atoms with E-state index in [1.54, 1.807) is 30.3 Å².